The zero-order chi connectivity index (χ0) is 16.8. The highest BCUT2D eigenvalue weighted by Gasteiger charge is 2.27. The number of hydrogen-bond donors (Lipinski definition) is 1. The highest BCUT2D eigenvalue weighted by Crippen LogP contribution is 2.35. The number of carbonyl (C=O) groups is 1. The largest absolute Gasteiger partial charge is 0.493 e. The topological polar surface area (TPSA) is 55.8 Å². The zero-order valence-electron chi connectivity index (χ0n) is 13.3. The summed E-state index contributed by atoms with van der Waals surface area (Å²) in [5.41, 5.74) is -0.512. The van der Waals surface area contributed by atoms with Crippen molar-refractivity contribution in [2.24, 2.45) is 5.41 Å². The molecule has 0 saturated carbocycles. The first-order valence-electron chi connectivity index (χ1n) is 7.27. The molecular formula is C17H23FO4. The van der Waals surface area contributed by atoms with Crippen LogP contribution >= 0.6 is 0 Å². The molecule has 0 amide bonds. The minimum absolute atomic E-state index is 0.0747. The van der Waals surface area contributed by atoms with Gasteiger partial charge in [-0.3, -0.25) is 0 Å². The first-order chi connectivity index (χ1) is 10.4. The van der Waals surface area contributed by atoms with E-state index in [1.54, 1.807) is 0 Å². The average Bonchev–Trinajstić information content (AvgIpc) is 2.51. The number of rotatable bonds is 9. The van der Waals surface area contributed by atoms with Gasteiger partial charge >= 0.3 is 5.97 Å². The van der Waals surface area contributed by atoms with Gasteiger partial charge in [0.2, 0.25) is 0 Å². The van der Waals surface area contributed by atoms with E-state index >= 15 is 0 Å². The fraction of sp³-hybridized carbons (Fsp3) is 0.471. The number of carboxylic acid groups (broad SMARTS) is 1. The summed E-state index contributed by atoms with van der Waals surface area (Å²) in [5.74, 6) is -1.77. The molecule has 0 aliphatic rings. The van der Waals surface area contributed by atoms with E-state index in [9.17, 15) is 9.18 Å². The Morgan fingerprint density at radius 2 is 2.00 bits per heavy atom. The number of methoxy groups -OCH3 is 1. The van der Waals surface area contributed by atoms with Crippen molar-refractivity contribution in [2.45, 2.75) is 33.1 Å². The molecule has 0 fully saturated rings. The normalized spacial score (nSPS) is 11.1. The number of benzene rings is 1. The van der Waals surface area contributed by atoms with Crippen LogP contribution in [-0.2, 0) is 0 Å². The van der Waals surface area contributed by atoms with Crippen molar-refractivity contribution in [2.75, 3.05) is 13.7 Å². The van der Waals surface area contributed by atoms with Crippen LogP contribution in [0, 0.1) is 11.2 Å². The summed E-state index contributed by atoms with van der Waals surface area (Å²) in [6, 6.07) is 2.20. The molecule has 122 valence electrons. The molecule has 0 spiro atoms. The van der Waals surface area contributed by atoms with E-state index in [0.29, 0.717) is 6.61 Å². The maximum atomic E-state index is 13.8. The summed E-state index contributed by atoms with van der Waals surface area (Å²) in [7, 11) is 1.39. The maximum absolute atomic E-state index is 13.8. The van der Waals surface area contributed by atoms with Crippen molar-refractivity contribution >= 4 is 5.97 Å². The second-order valence-corrected chi connectivity index (χ2v) is 5.28. The average molecular weight is 310 g/mol. The lowest BCUT2D eigenvalue weighted by atomic mass is 9.80. The number of ether oxygens (including phenoxy) is 2. The van der Waals surface area contributed by atoms with Crippen LogP contribution in [0.3, 0.4) is 0 Å². The molecule has 0 aliphatic carbocycles. The maximum Gasteiger partial charge on any atom is 0.338 e. The summed E-state index contributed by atoms with van der Waals surface area (Å²) < 4.78 is 24.7. The number of carboxylic acids is 1. The third-order valence-corrected chi connectivity index (χ3v) is 4.09. The predicted molar refractivity (Wildman–Crippen MR) is 83.2 cm³/mol. The Morgan fingerprint density at radius 1 is 1.36 bits per heavy atom. The molecule has 1 N–H and O–H groups in total. The third-order valence-electron chi connectivity index (χ3n) is 4.09. The van der Waals surface area contributed by atoms with Crippen LogP contribution in [0.15, 0.2) is 24.8 Å². The van der Waals surface area contributed by atoms with E-state index in [1.165, 1.54) is 7.11 Å². The molecular weight excluding hydrogens is 287 g/mol. The van der Waals surface area contributed by atoms with Crippen LogP contribution in [0.2, 0.25) is 0 Å². The first-order valence-corrected chi connectivity index (χ1v) is 7.27. The Labute approximate surface area is 130 Å². The molecule has 5 heteroatoms. The molecule has 0 aliphatic heterocycles. The van der Waals surface area contributed by atoms with Crippen LogP contribution in [0.1, 0.15) is 43.5 Å². The second-order valence-electron chi connectivity index (χ2n) is 5.28. The van der Waals surface area contributed by atoms with E-state index in [-0.39, 0.29) is 16.9 Å². The molecule has 0 bridgehead atoms. The Balaban J connectivity index is 3.04. The minimum Gasteiger partial charge on any atom is -0.493 e. The quantitative estimate of drug-likeness (QED) is 0.691. The lowest BCUT2D eigenvalue weighted by Gasteiger charge is -2.30. The molecule has 0 aromatic heterocycles. The number of allylic oxidation sites excluding steroid dienone is 1. The van der Waals surface area contributed by atoms with E-state index in [1.807, 2.05) is 6.08 Å². The lowest BCUT2D eigenvalue weighted by molar-refractivity contribution is 0.0691. The van der Waals surface area contributed by atoms with Crippen LogP contribution in [0.4, 0.5) is 4.39 Å². The fourth-order valence-corrected chi connectivity index (χ4v) is 2.31. The van der Waals surface area contributed by atoms with Gasteiger partial charge in [-0.15, -0.1) is 6.58 Å². The monoisotopic (exact) mass is 310 g/mol. The van der Waals surface area contributed by atoms with Gasteiger partial charge in [0.1, 0.15) is 5.82 Å². The van der Waals surface area contributed by atoms with E-state index in [4.69, 9.17) is 14.6 Å². The summed E-state index contributed by atoms with van der Waals surface area (Å²) in [5, 5.41) is 8.93. The standard InChI is InChI=1S/C17H23FO4/c1-5-8-17(6-2,7-3)11-22-15-10-13(18)12(16(19)20)9-14(15)21-4/h5,9-10H,1,6-8,11H2,2-4H3,(H,19,20). The molecule has 0 saturated heterocycles. The Hall–Kier alpha value is -2.04. The van der Waals surface area contributed by atoms with Gasteiger partial charge in [0, 0.05) is 17.5 Å². The first kappa shape index (κ1) is 18.0. The van der Waals surface area contributed by atoms with Gasteiger partial charge in [-0.25, -0.2) is 9.18 Å². The number of aromatic carboxylic acids is 1. The highest BCUT2D eigenvalue weighted by atomic mass is 19.1. The molecule has 0 atom stereocenters. The SMILES string of the molecule is C=CCC(CC)(CC)COc1cc(F)c(C(=O)O)cc1OC. The molecule has 4 nitrogen and oxygen atoms in total. The van der Waals surface area contributed by atoms with Crippen LogP contribution in [0.5, 0.6) is 11.5 Å². The van der Waals surface area contributed by atoms with Gasteiger partial charge in [-0.2, -0.15) is 0 Å². The highest BCUT2D eigenvalue weighted by molar-refractivity contribution is 5.88. The van der Waals surface area contributed by atoms with Crippen LogP contribution in [-0.4, -0.2) is 24.8 Å². The van der Waals surface area contributed by atoms with Crippen molar-refractivity contribution in [1.29, 1.82) is 0 Å². The van der Waals surface area contributed by atoms with Crippen LogP contribution in [0.25, 0.3) is 0 Å². The minimum atomic E-state index is -1.34. The van der Waals surface area contributed by atoms with Gasteiger partial charge in [0.25, 0.3) is 0 Å². The molecule has 1 aromatic rings. The van der Waals surface area contributed by atoms with Gasteiger partial charge in [-0.1, -0.05) is 19.9 Å². The van der Waals surface area contributed by atoms with Gasteiger partial charge in [0.05, 0.1) is 19.3 Å². The van der Waals surface area contributed by atoms with E-state index in [0.717, 1.165) is 31.4 Å². The summed E-state index contributed by atoms with van der Waals surface area (Å²) in [6.07, 6.45) is 4.43. The van der Waals surface area contributed by atoms with Crippen molar-refractivity contribution in [3.63, 3.8) is 0 Å². The smallest absolute Gasteiger partial charge is 0.338 e. The van der Waals surface area contributed by atoms with E-state index < -0.39 is 17.3 Å². The summed E-state index contributed by atoms with van der Waals surface area (Å²) in [6.45, 7) is 8.30. The molecule has 22 heavy (non-hydrogen) atoms. The van der Waals surface area contributed by atoms with Crippen molar-refractivity contribution in [3.05, 3.63) is 36.2 Å². The number of halogens is 1. The van der Waals surface area contributed by atoms with Crippen molar-refractivity contribution in [1.82, 2.24) is 0 Å². The van der Waals surface area contributed by atoms with Crippen LogP contribution < -0.4 is 9.47 Å². The summed E-state index contributed by atoms with van der Waals surface area (Å²) >= 11 is 0. The number of hydrogen-bond acceptors (Lipinski definition) is 3. The third kappa shape index (κ3) is 4.00. The second kappa shape index (κ2) is 7.82. The van der Waals surface area contributed by atoms with Crippen molar-refractivity contribution in [3.8, 4) is 11.5 Å². The predicted octanol–water partition coefficient (Wildman–Crippen LogP) is 4.29. The van der Waals surface area contributed by atoms with Gasteiger partial charge < -0.3 is 14.6 Å². The Kier molecular flexibility index (Phi) is 6.40. The Bertz CT molecular complexity index is 536. The van der Waals surface area contributed by atoms with Gasteiger partial charge in [0.15, 0.2) is 11.5 Å². The molecule has 0 unspecified atom stereocenters. The molecule has 1 rings (SSSR count). The Morgan fingerprint density at radius 3 is 2.45 bits per heavy atom. The fourth-order valence-electron chi connectivity index (χ4n) is 2.31. The molecule has 0 radical (unpaired) electrons. The van der Waals surface area contributed by atoms with Crippen molar-refractivity contribution < 1.29 is 23.8 Å². The molecule has 1 aromatic carbocycles. The summed E-state index contributed by atoms with van der Waals surface area (Å²) in [4.78, 5) is 10.9. The van der Waals surface area contributed by atoms with E-state index in [2.05, 4.69) is 20.4 Å². The zero-order valence-corrected chi connectivity index (χ0v) is 13.3. The van der Waals surface area contributed by atoms with Gasteiger partial charge in [-0.05, 0) is 19.3 Å². The lowest BCUT2D eigenvalue weighted by Crippen LogP contribution is -2.27. The molecule has 0 heterocycles.